The lowest BCUT2D eigenvalue weighted by Gasteiger charge is -2.21. The van der Waals surface area contributed by atoms with E-state index in [4.69, 9.17) is 4.74 Å². The Hall–Kier alpha value is -2.96. The lowest BCUT2D eigenvalue weighted by atomic mass is 9.90. The second-order valence-electron chi connectivity index (χ2n) is 6.60. The predicted molar refractivity (Wildman–Crippen MR) is 97.3 cm³/mol. The molecule has 4 rings (SSSR count). The van der Waals surface area contributed by atoms with Crippen LogP contribution in [0.5, 0.6) is 5.88 Å². The van der Waals surface area contributed by atoms with E-state index in [1.165, 1.54) is 43.1 Å². The SMILES string of the molecule is O=c1c(-c2cccnc2)c[nH]n1-c1cc(OCC2CCCCC2)ncn1. The van der Waals surface area contributed by atoms with Crippen LogP contribution in [0.25, 0.3) is 16.9 Å². The van der Waals surface area contributed by atoms with Gasteiger partial charge in [0.2, 0.25) is 5.88 Å². The molecule has 7 nitrogen and oxygen atoms in total. The Morgan fingerprint density at radius 3 is 2.92 bits per heavy atom. The van der Waals surface area contributed by atoms with Crippen molar-refractivity contribution in [3.63, 3.8) is 0 Å². The van der Waals surface area contributed by atoms with Crippen molar-refractivity contribution in [2.75, 3.05) is 6.61 Å². The van der Waals surface area contributed by atoms with Crippen LogP contribution in [0, 0.1) is 5.92 Å². The number of hydrogen-bond donors (Lipinski definition) is 1. The third-order valence-corrected chi connectivity index (χ3v) is 4.79. The summed E-state index contributed by atoms with van der Waals surface area (Å²) in [4.78, 5) is 25.1. The summed E-state index contributed by atoms with van der Waals surface area (Å²) in [6.45, 7) is 0.664. The van der Waals surface area contributed by atoms with E-state index >= 15 is 0 Å². The molecule has 3 aromatic heterocycles. The third-order valence-electron chi connectivity index (χ3n) is 4.79. The number of pyridine rings is 1. The van der Waals surface area contributed by atoms with Crippen LogP contribution in [-0.4, -0.2) is 31.3 Å². The molecule has 1 N–H and O–H groups in total. The van der Waals surface area contributed by atoms with E-state index in [1.54, 1.807) is 30.7 Å². The minimum absolute atomic E-state index is 0.185. The molecule has 1 aliphatic rings. The van der Waals surface area contributed by atoms with Gasteiger partial charge in [-0.2, -0.15) is 0 Å². The zero-order valence-corrected chi connectivity index (χ0v) is 14.5. The van der Waals surface area contributed by atoms with Crippen molar-refractivity contribution in [3.05, 3.63) is 53.5 Å². The maximum absolute atomic E-state index is 12.7. The first-order valence-corrected chi connectivity index (χ1v) is 8.97. The summed E-state index contributed by atoms with van der Waals surface area (Å²) in [7, 11) is 0. The molecule has 7 heteroatoms. The molecule has 0 radical (unpaired) electrons. The van der Waals surface area contributed by atoms with E-state index in [2.05, 4.69) is 20.1 Å². The van der Waals surface area contributed by atoms with E-state index in [0.717, 1.165) is 5.56 Å². The van der Waals surface area contributed by atoms with Crippen LogP contribution in [0.2, 0.25) is 0 Å². The maximum atomic E-state index is 12.7. The second kappa shape index (κ2) is 7.51. The molecule has 0 amide bonds. The number of nitrogens with one attached hydrogen (secondary N) is 1. The van der Waals surface area contributed by atoms with Gasteiger partial charge in [0.1, 0.15) is 6.33 Å². The van der Waals surface area contributed by atoms with Crippen molar-refractivity contribution in [1.82, 2.24) is 24.7 Å². The summed E-state index contributed by atoms with van der Waals surface area (Å²) < 4.78 is 7.23. The van der Waals surface area contributed by atoms with Gasteiger partial charge < -0.3 is 4.74 Å². The van der Waals surface area contributed by atoms with E-state index in [0.29, 0.717) is 29.8 Å². The summed E-state index contributed by atoms with van der Waals surface area (Å²) in [5.41, 5.74) is 1.12. The minimum atomic E-state index is -0.185. The van der Waals surface area contributed by atoms with Crippen molar-refractivity contribution in [2.24, 2.45) is 5.92 Å². The Morgan fingerprint density at radius 2 is 2.12 bits per heavy atom. The van der Waals surface area contributed by atoms with E-state index in [-0.39, 0.29) is 5.56 Å². The highest BCUT2D eigenvalue weighted by Crippen LogP contribution is 2.24. The van der Waals surface area contributed by atoms with Crippen LogP contribution in [0.3, 0.4) is 0 Å². The highest BCUT2D eigenvalue weighted by molar-refractivity contribution is 5.60. The molecule has 0 spiro atoms. The summed E-state index contributed by atoms with van der Waals surface area (Å²) in [5, 5.41) is 2.95. The van der Waals surface area contributed by atoms with Gasteiger partial charge in [0.15, 0.2) is 5.82 Å². The van der Waals surface area contributed by atoms with Crippen molar-refractivity contribution in [3.8, 4) is 22.8 Å². The largest absolute Gasteiger partial charge is 0.477 e. The molecular formula is C19H21N5O2. The molecule has 0 atom stereocenters. The Labute approximate surface area is 151 Å². The molecule has 1 aliphatic carbocycles. The van der Waals surface area contributed by atoms with Gasteiger partial charge in [0.05, 0.1) is 12.2 Å². The molecule has 3 aromatic rings. The maximum Gasteiger partial charge on any atom is 0.280 e. The molecule has 0 bridgehead atoms. The zero-order valence-electron chi connectivity index (χ0n) is 14.5. The van der Waals surface area contributed by atoms with Crippen LogP contribution >= 0.6 is 0 Å². The average molecular weight is 351 g/mol. The van der Waals surface area contributed by atoms with Gasteiger partial charge in [-0.05, 0) is 24.8 Å². The fourth-order valence-corrected chi connectivity index (χ4v) is 3.36. The molecule has 1 fully saturated rings. The Bertz CT molecular complexity index is 913. The molecule has 0 aromatic carbocycles. The van der Waals surface area contributed by atoms with Crippen LogP contribution in [0.1, 0.15) is 32.1 Å². The Kier molecular flexibility index (Phi) is 4.77. The number of ether oxygens (including phenoxy) is 1. The van der Waals surface area contributed by atoms with Gasteiger partial charge in [-0.3, -0.25) is 14.9 Å². The zero-order chi connectivity index (χ0) is 17.8. The normalized spacial score (nSPS) is 15.1. The van der Waals surface area contributed by atoms with Crippen LogP contribution < -0.4 is 10.3 Å². The Balaban J connectivity index is 1.53. The van der Waals surface area contributed by atoms with Crippen molar-refractivity contribution in [1.29, 1.82) is 0 Å². The van der Waals surface area contributed by atoms with Crippen molar-refractivity contribution < 1.29 is 4.74 Å². The van der Waals surface area contributed by atoms with Crippen molar-refractivity contribution >= 4 is 0 Å². The van der Waals surface area contributed by atoms with Crippen LogP contribution in [0.15, 0.2) is 47.9 Å². The molecule has 134 valence electrons. The molecule has 0 saturated heterocycles. The number of hydrogen-bond acceptors (Lipinski definition) is 5. The highest BCUT2D eigenvalue weighted by atomic mass is 16.5. The number of H-pyrrole nitrogens is 1. The first-order chi connectivity index (χ1) is 12.8. The molecule has 26 heavy (non-hydrogen) atoms. The first kappa shape index (κ1) is 16.5. The number of rotatable bonds is 5. The van der Waals surface area contributed by atoms with Gasteiger partial charge in [-0.1, -0.05) is 25.3 Å². The van der Waals surface area contributed by atoms with Crippen LogP contribution in [-0.2, 0) is 0 Å². The summed E-state index contributed by atoms with van der Waals surface area (Å²) in [6.07, 6.45) is 12.7. The topological polar surface area (TPSA) is 85.7 Å². The molecule has 0 unspecified atom stereocenters. The van der Waals surface area contributed by atoms with Crippen molar-refractivity contribution in [2.45, 2.75) is 32.1 Å². The lowest BCUT2D eigenvalue weighted by molar-refractivity contribution is 0.202. The fraction of sp³-hybridized carbons (Fsp3) is 0.368. The number of nitrogens with zero attached hydrogens (tertiary/aromatic N) is 4. The fourth-order valence-electron chi connectivity index (χ4n) is 3.36. The average Bonchev–Trinajstić information content (AvgIpc) is 3.09. The Morgan fingerprint density at radius 1 is 1.23 bits per heavy atom. The molecule has 1 saturated carbocycles. The van der Waals surface area contributed by atoms with Gasteiger partial charge in [-0.15, -0.1) is 0 Å². The molecular weight excluding hydrogens is 330 g/mol. The van der Waals surface area contributed by atoms with Gasteiger partial charge in [0, 0.05) is 30.2 Å². The minimum Gasteiger partial charge on any atom is -0.477 e. The first-order valence-electron chi connectivity index (χ1n) is 8.97. The third kappa shape index (κ3) is 3.51. The van der Waals surface area contributed by atoms with E-state index < -0.39 is 0 Å². The number of aromatic nitrogens is 5. The highest BCUT2D eigenvalue weighted by Gasteiger charge is 2.15. The van der Waals surface area contributed by atoms with Gasteiger partial charge in [0.25, 0.3) is 5.56 Å². The van der Waals surface area contributed by atoms with E-state index in [9.17, 15) is 4.79 Å². The van der Waals surface area contributed by atoms with E-state index in [1.807, 2.05) is 6.07 Å². The van der Waals surface area contributed by atoms with Crippen LogP contribution in [0.4, 0.5) is 0 Å². The monoisotopic (exact) mass is 351 g/mol. The van der Waals surface area contributed by atoms with Gasteiger partial charge >= 0.3 is 0 Å². The molecule has 0 aliphatic heterocycles. The second-order valence-corrected chi connectivity index (χ2v) is 6.60. The summed E-state index contributed by atoms with van der Waals surface area (Å²) in [5.74, 6) is 1.54. The standard InChI is InChI=1S/C19H21N5O2/c25-19-16(15-7-4-8-20-10-15)11-23-24(19)17-9-18(22-13-21-17)26-12-14-5-2-1-3-6-14/h4,7-11,13-14,23H,1-3,5-6,12H2. The summed E-state index contributed by atoms with van der Waals surface area (Å²) in [6, 6.07) is 5.34. The molecule has 3 heterocycles. The predicted octanol–water partition coefficient (Wildman–Crippen LogP) is 2.98. The summed E-state index contributed by atoms with van der Waals surface area (Å²) >= 11 is 0. The van der Waals surface area contributed by atoms with Gasteiger partial charge in [-0.25, -0.2) is 14.6 Å². The quantitative estimate of drug-likeness (QED) is 0.764. The number of aromatic amines is 1. The lowest BCUT2D eigenvalue weighted by Crippen LogP contribution is -2.18. The smallest absolute Gasteiger partial charge is 0.280 e.